The van der Waals surface area contributed by atoms with Crippen LogP contribution in [0.25, 0.3) is 55.0 Å². The summed E-state index contributed by atoms with van der Waals surface area (Å²) in [4.78, 5) is 5.18. The average Bonchev–Trinajstić information content (AvgIpc) is 3.75. The standard InChI is InChI=1S/C49H37BN2O2/c1-48(2,3)28-21-23-29(24-22-28)52-46-32(25-26-40-43(46)31-14-7-11-20-39(31)53-40)44-42-30-13-6-10-19-38(30)54-41(42)27-37-45(44)50(52)35-17-12-16-34-47(35)51(37)36-18-9-8-15-33(36)49(34,4)5/h6-27H,1-5H3. The second-order valence-corrected chi connectivity index (χ2v) is 16.9. The molecule has 0 radical (unpaired) electrons. The summed E-state index contributed by atoms with van der Waals surface area (Å²) in [7, 11) is 0. The molecule has 0 unspecified atom stereocenters. The zero-order valence-electron chi connectivity index (χ0n) is 31.0. The smallest absolute Gasteiger partial charge is 0.333 e. The molecule has 12 rings (SSSR count). The van der Waals surface area contributed by atoms with Crippen LogP contribution in [-0.4, -0.2) is 6.85 Å². The highest BCUT2D eigenvalue weighted by Gasteiger charge is 2.50. The fourth-order valence-corrected chi connectivity index (χ4v) is 10.1. The zero-order chi connectivity index (χ0) is 36.2. The van der Waals surface area contributed by atoms with Gasteiger partial charge in [-0.15, -0.1) is 0 Å². The minimum atomic E-state index is -0.206. The van der Waals surface area contributed by atoms with E-state index >= 15 is 0 Å². The molecule has 0 amide bonds. The SMILES string of the molecule is CC(C)(C)c1ccc(N2B3c4cccc5c4N(c4ccccc4C5(C)C)c4cc5oc6ccccc6c5c(c43)-c3ccc4oc5ccccc5c4c32)cc1. The molecule has 5 heteroatoms. The van der Waals surface area contributed by atoms with Gasteiger partial charge in [-0.3, -0.25) is 0 Å². The van der Waals surface area contributed by atoms with Gasteiger partial charge in [-0.2, -0.15) is 0 Å². The molecule has 3 aliphatic rings. The van der Waals surface area contributed by atoms with Crippen LogP contribution in [0.1, 0.15) is 51.3 Å². The molecule has 0 fully saturated rings. The summed E-state index contributed by atoms with van der Waals surface area (Å²) in [6, 6.07) is 49.1. The highest BCUT2D eigenvalue weighted by Crippen LogP contribution is 2.57. The summed E-state index contributed by atoms with van der Waals surface area (Å²) in [5.41, 5.74) is 18.4. The van der Waals surface area contributed by atoms with E-state index in [9.17, 15) is 0 Å². The molecule has 0 aliphatic carbocycles. The molecular formula is C49H37BN2O2. The first-order valence-corrected chi connectivity index (χ1v) is 19.1. The Kier molecular flexibility index (Phi) is 5.64. The lowest BCUT2D eigenvalue weighted by molar-refractivity contribution is 0.590. The number of rotatable bonds is 1. The van der Waals surface area contributed by atoms with E-state index in [0.29, 0.717) is 0 Å². The minimum absolute atomic E-state index is 0.0306. The molecule has 5 heterocycles. The molecule has 0 spiro atoms. The van der Waals surface area contributed by atoms with E-state index < -0.39 is 0 Å². The van der Waals surface area contributed by atoms with Crippen LogP contribution in [0.3, 0.4) is 0 Å². The molecule has 0 bridgehead atoms. The number of fused-ring (bicyclic) bond motifs is 14. The van der Waals surface area contributed by atoms with E-state index in [1.165, 1.54) is 61.5 Å². The number of hydrogen-bond acceptors (Lipinski definition) is 4. The normalized spacial score (nSPS) is 15.2. The predicted octanol–water partition coefficient (Wildman–Crippen LogP) is 12.1. The highest BCUT2D eigenvalue weighted by atomic mass is 16.3. The number of furan rings is 2. The summed E-state index contributed by atoms with van der Waals surface area (Å²) >= 11 is 0. The van der Waals surface area contributed by atoms with Crippen molar-refractivity contribution < 1.29 is 8.83 Å². The molecule has 0 atom stereocenters. The third-order valence-electron chi connectivity index (χ3n) is 12.6. The molecule has 3 aliphatic heterocycles. The van der Waals surface area contributed by atoms with E-state index in [-0.39, 0.29) is 17.7 Å². The fourth-order valence-electron chi connectivity index (χ4n) is 10.1. The van der Waals surface area contributed by atoms with Crippen LogP contribution in [0.15, 0.2) is 142 Å². The van der Waals surface area contributed by atoms with Gasteiger partial charge in [0.05, 0.1) is 11.1 Å². The minimum Gasteiger partial charge on any atom is -0.456 e. The van der Waals surface area contributed by atoms with Crippen LogP contribution < -0.4 is 20.6 Å². The van der Waals surface area contributed by atoms with E-state index in [2.05, 4.69) is 178 Å². The van der Waals surface area contributed by atoms with Gasteiger partial charge in [0.2, 0.25) is 0 Å². The quantitative estimate of drug-likeness (QED) is 0.160. The van der Waals surface area contributed by atoms with Gasteiger partial charge in [0, 0.05) is 56.0 Å². The van der Waals surface area contributed by atoms with Crippen molar-refractivity contribution >= 4 is 90.1 Å². The Morgan fingerprint density at radius 3 is 2.00 bits per heavy atom. The second-order valence-electron chi connectivity index (χ2n) is 16.9. The van der Waals surface area contributed by atoms with Gasteiger partial charge in [0.15, 0.2) is 0 Å². The van der Waals surface area contributed by atoms with E-state index in [1.807, 2.05) is 0 Å². The van der Waals surface area contributed by atoms with E-state index in [0.717, 1.165) is 49.6 Å². The maximum absolute atomic E-state index is 6.83. The average molecular weight is 697 g/mol. The monoisotopic (exact) mass is 696 g/mol. The molecule has 0 saturated heterocycles. The first kappa shape index (κ1) is 30.3. The van der Waals surface area contributed by atoms with Crippen molar-refractivity contribution in [2.24, 2.45) is 0 Å². The Bertz CT molecular complexity index is 3090. The lowest BCUT2D eigenvalue weighted by Gasteiger charge is -2.50. The topological polar surface area (TPSA) is 32.8 Å². The van der Waals surface area contributed by atoms with Crippen molar-refractivity contribution in [2.75, 3.05) is 9.71 Å². The molecule has 9 aromatic rings. The summed E-state index contributed by atoms with van der Waals surface area (Å²) in [5.74, 6) is 0. The largest absolute Gasteiger partial charge is 0.456 e. The van der Waals surface area contributed by atoms with Crippen molar-refractivity contribution in [3.8, 4) is 11.1 Å². The predicted molar refractivity (Wildman–Crippen MR) is 226 cm³/mol. The number of benzene rings is 7. The van der Waals surface area contributed by atoms with Gasteiger partial charge in [-0.25, -0.2) is 0 Å². The van der Waals surface area contributed by atoms with Gasteiger partial charge < -0.3 is 18.5 Å². The summed E-state index contributed by atoms with van der Waals surface area (Å²) in [6.07, 6.45) is 0. The molecule has 54 heavy (non-hydrogen) atoms. The number of hydrogen-bond donors (Lipinski definition) is 0. The maximum Gasteiger partial charge on any atom is 0.333 e. The first-order valence-electron chi connectivity index (χ1n) is 19.1. The zero-order valence-corrected chi connectivity index (χ0v) is 31.0. The fraction of sp³-hybridized carbons (Fsp3) is 0.143. The van der Waals surface area contributed by atoms with Crippen LogP contribution in [-0.2, 0) is 10.8 Å². The van der Waals surface area contributed by atoms with Crippen LogP contribution in [0.5, 0.6) is 0 Å². The van der Waals surface area contributed by atoms with E-state index in [4.69, 9.17) is 8.83 Å². The van der Waals surface area contributed by atoms with Crippen molar-refractivity contribution in [3.63, 3.8) is 0 Å². The number of nitrogens with zero attached hydrogens (tertiary/aromatic N) is 2. The Morgan fingerprint density at radius 2 is 1.24 bits per heavy atom. The lowest BCUT2D eigenvalue weighted by Crippen LogP contribution is -2.62. The van der Waals surface area contributed by atoms with Crippen LogP contribution >= 0.6 is 0 Å². The summed E-state index contributed by atoms with van der Waals surface area (Å²) in [5, 5.41) is 4.56. The Hall–Kier alpha value is -6.20. The Morgan fingerprint density at radius 1 is 0.574 bits per heavy atom. The first-order chi connectivity index (χ1) is 26.2. The van der Waals surface area contributed by atoms with Crippen molar-refractivity contribution in [3.05, 3.63) is 150 Å². The molecule has 7 aromatic carbocycles. The van der Waals surface area contributed by atoms with Gasteiger partial charge in [0.1, 0.15) is 22.3 Å². The number of para-hydroxylation sites is 4. The molecule has 2 aromatic heterocycles. The van der Waals surface area contributed by atoms with Crippen LogP contribution in [0, 0.1) is 0 Å². The lowest BCUT2D eigenvalue weighted by atomic mass is 9.42. The molecule has 0 saturated carbocycles. The number of anilines is 5. The van der Waals surface area contributed by atoms with Crippen molar-refractivity contribution in [2.45, 2.75) is 45.4 Å². The Labute approximate surface area is 314 Å². The molecule has 4 nitrogen and oxygen atoms in total. The Balaban J connectivity index is 1.31. The van der Waals surface area contributed by atoms with Gasteiger partial charge in [-0.1, -0.05) is 120 Å². The molecular weight excluding hydrogens is 659 g/mol. The molecule has 0 N–H and O–H groups in total. The van der Waals surface area contributed by atoms with Crippen molar-refractivity contribution in [1.29, 1.82) is 0 Å². The summed E-state index contributed by atoms with van der Waals surface area (Å²) < 4.78 is 13.5. The van der Waals surface area contributed by atoms with E-state index in [1.54, 1.807) is 0 Å². The molecule has 258 valence electrons. The van der Waals surface area contributed by atoms with Crippen LogP contribution in [0.4, 0.5) is 28.4 Å². The second kappa shape index (κ2) is 10.1. The maximum atomic E-state index is 6.83. The van der Waals surface area contributed by atoms with Gasteiger partial charge in [0.25, 0.3) is 0 Å². The van der Waals surface area contributed by atoms with Crippen molar-refractivity contribution in [1.82, 2.24) is 0 Å². The van der Waals surface area contributed by atoms with Crippen LogP contribution in [0.2, 0.25) is 0 Å². The summed E-state index contributed by atoms with van der Waals surface area (Å²) in [6.45, 7) is 11.5. The highest BCUT2D eigenvalue weighted by molar-refractivity contribution is 6.94. The third-order valence-corrected chi connectivity index (χ3v) is 12.6. The third kappa shape index (κ3) is 3.69. The van der Waals surface area contributed by atoms with Gasteiger partial charge in [-0.05, 0) is 81.1 Å². The van der Waals surface area contributed by atoms with Gasteiger partial charge >= 0.3 is 6.85 Å².